The molecule has 0 spiro atoms. The highest BCUT2D eigenvalue weighted by molar-refractivity contribution is 4.74. The van der Waals surface area contributed by atoms with Crippen LogP contribution in [0.2, 0.25) is 0 Å². The second-order valence-corrected chi connectivity index (χ2v) is 5.58. The van der Waals surface area contributed by atoms with E-state index in [0.29, 0.717) is 0 Å². The summed E-state index contributed by atoms with van der Waals surface area (Å²) in [7, 11) is 0. The molecule has 0 aromatic rings. The summed E-state index contributed by atoms with van der Waals surface area (Å²) in [6, 6.07) is 0. The Kier molecular flexibility index (Phi) is 8.94. The van der Waals surface area contributed by atoms with Crippen LogP contribution in [0.4, 0.5) is 0 Å². The van der Waals surface area contributed by atoms with Gasteiger partial charge in [0, 0.05) is 0 Å². The first-order valence-electron chi connectivity index (χ1n) is 7.75. The van der Waals surface area contributed by atoms with Gasteiger partial charge in [0.05, 0.1) is 0 Å². The van der Waals surface area contributed by atoms with Gasteiger partial charge in [0.25, 0.3) is 0 Å². The van der Waals surface area contributed by atoms with E-state index in [-0.39, 0.29) is 0 Å². The van der Waals surface area contributed by atoms with Crippen LogP contribution < -0.4 is 0 Å². The van der Waals surface area contributed by atoms with E-state index in [1.165, 1.54) is 83.5 Å². The lowest BCUT2D eigenvalue weighted by atomic mass is 9.85. The Morgan fingerprint density at radius 1 is 0.875 bits per heavy atom. The van der Waals surface area contributed by atoms with E-state index < -0.39 is 0 Å². The number of rotatable bonds is 9. The Hall–Kier alpha value is 0. The van der Waals surface area contributed by atoms with E-state index in [2.05, 4.69) is 13.3 Å². The quantitative estimate of drug-likeness (QED) is 0.426. The summed E-state index contributed by atoms with van der Waals surface area (Å²) >= 11 is 0. The third-order valence-electron chi connectivity index (χ3n) is 3.99. The molecule has 0 unspecified atom stereocenters. The van der Waals surface area contributed by atoms with Crippen LogP contribution in [0.25, 0.3) is 0 Å². The average Bonchev–Trinajstić information content (AvgIpc) is 2.34. The first-order chi connectivity index (χ1) is 7.93. The number of hydrogen-bond acceptors (Lipinski definition) is 0. The predicted octanol–water partition coefficient (Wildman–Crippen LogP) is 5.91. The summed E-state index contributed by atoms with van der Waals surface area (Å²) in [6.07, 6.45) is 21.5. The van der Waals surface area contributed by atoms with Crippen molar-refractivity contribution in [1.29, 1.82) is 0 Å². The molecule has 0 nitrogen and oxygen atoms in total. The number of unbranched alkanes of at least 4 members (excludes halogenated alkanes) is 7. The summed E-state index contributed by atoms with van der Waals surface area (Å²) in [6.45, 7) is 2.29. The van der Waals surface area contributed by atoms with Gasteiger partial charge in [0.2, 0.25) is 0 Å². The van der Waals surface area contributed by atoms with Gasteiger partial charge >= 0.3 is 0 Å². The maximum atomic E-state index is 2.58. The molecule has 0 N–H and O–H groups in total. The van der Waals surface area contributed by atoms with Gasteiger partial charge in [-0.05, 0) is 18.8 Å². The predicted molar refractivity (Wildman–Crippen MR) is 73.5 cm³/mol. The minimum atomic E-state index is 1.05. The molecule has 1 radical (unpaired) electrons. The van der Waals surface area contributed by atoms with Crippen LogP contribution in [0.3, 0.4) is 0 Å². The van der Waals surface area contributed by atoms with Crippen LogP contribution in [-0.4, -0.2) is 0 Å². The molecule has 16 heavy (non-hydrogen) atoms. The van der Waals surface area contributed by atoms with Crippen molar-refractivity contribution in [3.63, 3.8) is 0 Å². The summed E-state index contributed by atoms with van der Waals surface area (Å²) in [5, 5.41) is 0. The highest BCUT2D eigenvalue weighted by atomic mass is 14.2. The zero-order valence-corrected chi connectivity index (χ0v) is 11.3. The van der Waals surface area contributed by atoms with Crippen molar-refractivity contribution in [2.24, 2.45) is 5.92 Å². The van der Waals surface area contributed by atoms with E-state index >= 15 is 0 Å². The SMILES string of the molecule is CCCCCCCC[CH]CC1CCCCC1. The van der Waals surface area contributed by atoms with Gasteiger partial charge in [-0.25, -0.2) is 0 Å². The molecule has 0 aromatic carbocycles. The Morgan fingerprint density at radius 2 is 1.56 bits per heavy atom. The van der Waals surface area contributed by atoms with Crippen molar-refractivity contribution in [2.45, 2.75) is 90.4 Å². The van der Waals surface area contributed by atoms with Crippen LogP contribution in [0, 0.1) is 12.3 Å². The Balaban J connectivity index is 1.77. The maximum Gasteiger partial charge on any atom is -0.0383 e. The van der Waals surface area contributed by atoms with Gasteiger partial charge in [-0.15, -0.1) is 0 Å². The molecule has 95 valence electrons. The smallest absolute Gasteiger partial charge is 0.0383 e. The molecule has 1 fully saturated rings. The Labute approximate surface area is 103 Å². The largest absolute Gasteiger partial charge is 0.0654 e. The van der Waals surface area contributed by atoms with Gasteiger partial charge in [-0.3, -0.25) is 0 Å². The highest BCUT2D eigenvalue weighted by Crippen LogP contribution is 2.27. The molecule has 1 saturated carbocycles. The molecule has 0 atom stereocenters. The Morgan fingerprint density at radius 3 is 2.31 bits per heavy atom. The van der Waals surface area contributed by atoms with E-state index in [0.717, 1.165) is 5.92 Å². The molecule has 0 bridgehead atoms. The average molecular weight is 223 g/mol. The second kappa shape index (κ2) is 10.2. The van der Waals surface area contributed by atoms with Crippen molar-refractivity contribution >= 4 is 0 Å². The normalized spacial score (nSPS) is 17.8. The summed E-state index contributed by atoms with van der Waals surface area (Å²) < 4.78 is 0. The lowest BCUT2D eigenvalue weighted by Gasteiger charge is -2.21. The molecule has 0 amide bonds. The van der Waals surface area contributed by atoms with Crippen molar-refractivity contribution in [1.82, 2.24) is 0 Å². The minimum Gasteiger partial charge on any atom is -0.0654 e. The monoisotopic (exact) mass is 223 g/mol. The van der Waals surface area contributed by atoms with Gasteiger partial charge in [0.1, 0.15) is 0 Å². The molecule has 0 aliphatic heterocycles. The van der Waals surface area contributed by atoms with E-state index in [9.17, 15) is 0 Å². The highest BCUT2D eigenvalue weighted by Gasteiger charge is 2.12. The van der Waals surface area contributed by atoms with Crippen LogP contribution >= 0.6 is 0 Å². The van der Waals surface area contributed by atoms with E-state index in [4.69, 9.17) is 0 Å². The fraction of sp³-hybridized carbons (Fsp3) is 0.938. The first-order valence-corrected chi connectivity index (χ1v) is 7.75. The standard InChI is InChI=1S/C16H31/c1-2-3-4-5-6-7-8-10-13-16-14-11-9-12-15-16/h10,16H,2-9,11-15H2,1H3. The van der Waals surface area contributed by atoms with Gasteiger partial charge in [-0.1, -0.05) is 84.0 Å². The molecule has 1 rings (SSSR count). The number of hydrogen-bond donors (Lipinski definition) is 0. The third-order valence-corrected chi connectivity index (χ3v) is 3.99. The van der Waals surface area contributed by atoms with Crippen LogP contribution in [0.1, 0.15) is 90.4 Å². The zero-order chi connectivity index (χ0) is 11.5. The lowest BCUT2D eigenvalue weighted by Crippen LogP contribution is -2.05. The summed E-state index contributed by atoms with van der Waals surface area (Å²) in [5.74, 6) is 1.05. The van der Waals surface area contributed by atoms with Gasteiger partial charge in [-0.2, -0.15) is 0 Å². The van der Waals surface area contributed by atoms with Crippen molar-refractivity contribution in [3.8, 4) is 0 Å². The molecular weight excluding hydrogens is 192 g/mol. The lowest BCUT2D eigenvalue weighted by molar-refractivity contribution is 0.351. The summed E-state index contributed by atoms with van der Waals surface area (Å²) in [5.41, 5.74) is 0. The molecule has 0 heteroatoms. The van der Waals surface area contributed by atoms with Crippen LogP contribution in [0.5, 0.6) is 0 Å². The van der Waals surface area contributed by atoms with Gasteiger partial charge < -0.3 is 0 Å². The zero-order valence-electron chi connectivity index (χ0n) is 11.3. The van der Waals surface area contributed by atoms with E-state index in [1.54, 1.807) is 0 Å². The first kappa shape index (κ1) is 14.1. The second-order valence-electron chi connectivity index (χ2n) is 5.58. The minimum absolute atomic E-state index is 1.05. The maximum absolute atomic E-state index is 2.58. The Bertz CT molecular complexity index is 133. The van der Waals surface area contributed by atoms with Gasteiger partial charge in [0.15, 0.2) is 0 Å². The summed E-state index contributed by atoms with van der Waals surface area (Å²) in [4.78, 5) is 0. The van der Waals surface area contributed by atoms with Crippen molar-refractivity contribution < 1.29 is 0 Å². The molecule has 0 saturated heterocycles. The van der Waals surface area contributed by atoms with E-state index in [1.807, 2.05) is 0 Å². The molecular formula is C16H31. The molecule has 1 aliphatic carbocycles. The molecule has 0 heterocycles. The van der Waals surface area contributed by atoms with Crippen LogP contribution in [-0.2, 0) is 0 Å². The molecule has 0 aromatic heterocycles. The molecule has 1 aliphatic rings. The van der Waals surface area contributed by atoms with Crippen LogP contribution in [0.15, 0.2) is 0 Å². The fourth-order valence-electron chi connectivity index (χ4n) is 2.85. The third kappa shape index (κ3) is 7.30. The topological polar surface area (TPSA) is 0 Å². The van der Waals surface area contributed by atoms with Crippen molar-refractivity contribution in [3.05, 3.63) is 6.42 Å². The fourth-order valence-corrected chi connectivity index (χ4v) is 2.85. The van der Waals surface area contributed by atoms with Crippen molar-refractivity contribution in [2.75, 3.05) is 0 Å².